The normalized spacial score (nSPS) is 16.0. The van der Waals surface area contributed by atoms with E-state index in [1.807, 2.05) is 37.2 Å². The van der Waals surface area contributed by atoms with Crippen molar-refractivity contribution in [3.05, 3.63) is 64.2 Å². The van der Waals surface area contributed by atoms with Crippen LogP contribution >= 0.6 is 11.6 Å². The first-order chi connectivity index (χ1) is 13.6. The fourth-order valence-electron chi connectivity index (χ4n) is 3.53. The zero-order valence-electron chi connectivity index (χ0n) is 16.9. The Labute approximate surface area is 177 Å². The summed E-state index contributed by atoms with van der Waals surface area (Å²) in [6.07, 6.45) is 2.91. The number of carbonyl (C=O) groups excluding carboxylic acids is 1. The molecule has 1 amide bonds. The maximum absolute atomic E-state index is 12.7. The first kappa shape index (κ1) is 21.6. The van der Waals surface area contributed by atoms with Crippen molar-refractivity contribution >= 4 is 33.2 Å². The maximum atomic E-state index is 12.7. The number of hydrogen-bond acceptors (Lipinski definition) is 4. The molecule has 156 valence electrons. The predicted octanol–water partition coefficient (Wildman–Crippen LogP) is 3.08. The molecule has 1 aliphatic carbocycles. The summed E-state index contributed by atoms with van der Waals surface area (Å²) >= 11 is 6.05. The quantitative estimate of drug-likeness (QED) is 0.725. The molecule has 0 fully saturated rings. The number of halogens is 1. The molecule has 0 aromatic heterocycles. The van der Waals surface area contributed by atoms with Gasteiger partial charge in [-0.15, -0.1) is 0 Å². The van der Waals surface area contributed by atoms with Gasteiger partial charge >= 0.3 is 0 Å². The molecule has 0 aliphatic heterocycles. The minimum absolute atomic E-state index is 0.0398. The molecule has 0 saturated heterocycles. The third-order valence-electron chi connectivity index (χ3n) is 5.06. The van der Waals surface area contributed by atoms with Crippen molar-refractivity contribution in [2.24, 2.45) is 0 Å². The van der Waals surface area contributed by atoms with Crippen molar-refractivity contribution in [2.45, 2.75) is 18.9 Å². The Hall–Kier alpha value is -2.09. The molecular formula is C21H26ClN3O3S. The van der Waals surface area contributed by atoms with Gasteiger partial charge in [0, 0.05) is 23.7 Å². The minimum Gasteiger partial charge on any atom is -0.345 e. The summed E-state index contributed by atoms with van der Waals surface area (Å²) in [6.45, 7) is 0.944. The van der Waals surface area contributed by atoms with Gasteiger partial charge in [-0.3, -0.25) is 9.10 Å². The van der Waals surface area contributed by atoms with Gasteiger partial charge in [0.15, 0.2) is 0 Å². The van der Waals surface area contributed by atoms with Crippen molar-refractivity contribution in [1.82, 2.24) is 10.2 Å². The first-order valence-electron chi connectivity index (χ1n) is 9.47. The molecule has 0 unspecified atom stereocenters. The van der Waals surface area contributed by atoms with Crippen LogP contribution in [0.25, 0.3) is 0 Å². The molecule has 3 rings (SSSR count). The van der Waals surface area contributed by atoms with Crippen LogP contribution in [0.3, 0.4) is 0 Å². The number of nitrogens with one attached hydrogen (secondary N) is 1. The van der Waals surface area contributed by atoms with Crippen molar-refractivity contribution in [3.63, 3.8) is 0 Å². The number of sulfonamides is 1. The Kier molecular flexibility index (Phi) is 6.51. The smallest absolute Gasteiger partial charge is 0.251 e. The fourth-order valence-corrected chi connectivity index (χ4v) is 4.65. The van der Waals surface area contributed by atoms with Gasteiger partial charge in [0.25, 0.3) is 5.91 Å². The number of hydrogen-bond donors (Lipinski definition) is 1. The van der Waals surface area contributed by atoms with Gasteiger partial charge in [-0.2, -0.15) is 0 Å². The summed E-state index contributed by atoms with van der Waals surface area (Å²) in [5, 5.41) is 3.77. The molecule has 0 bridgehead atoms. The molecule has 1 atom stereocenters. The number of aryl methyl sites for hydroxylation is 1. The standard InChI is InChI=1S/C21H26ClN3O3S/c1-24(2)12-13-25(29(3,27)28)18-8-4-15(5-9-18)21(26)23-20-11-6-16-14-17(22)7-10-19(16)20/h4-5,7-10,14,20H,6,11-13H2,1-3H3,(H,23,26)/t20-/m1/s1. The van der Waals surface area contributed by atoms with Gasteiger partial charge in [0.2, 0.25) is 10.0 Å². The molecule has 0 saturated carbocycles. The average molecular weight is 436 g/mol. The summed E-state index contributed by atoms with van der Waals surface area (Å²) < 4.78 is 25.7. The highest BCUT2D eigenvalue weighted by Gasteiger charge is 2.25. The summed E-state index contributed by atoms with van der Waals surface area (Å²) in [4.78, 5) is 14.6. The Morgan fingerprint density at radius 3 is 2.45 bits per heavy atom. The number of rotatable bonds is 7. The molecule has 1 N–H and O–H groups in total. The lowest BCUT2D eigenvalue weighted by Gasteiger charge is -2.24. The van der Waals surface area contributed by atoms with E-state index in [4.69, 9.17) is 11.6 Å². The van der Waals surface area contributed by atoms with Gasteiger partial charge in [0.1, 0.15) is 0 Å². The van der Waals surface area contributed by atoms with E-state index in [-0.39, 0.29) is 11.9 Å². The maximum Gasteiger partial charge on any atom is 0.251 e. The van der Waals surface area contributed by atoms with Crippen LogP contribution < -0.4 is 9.62 Å². The second kappa shape index (κ2) is 8.73. The third kappa shape index (κ3) is 5.29. The van der Waals surface area contributed by atoms with Gasteiger partial charge in [-0.05, 0) is 74.5 Å². The van der Waals surface area contributed by atoms with E-state index in [0.29, 0.717) is 29.4 Å². The van der Waals surface area contributed by atoms with Gasteiger partial charge in [-0.1, -0.05) is 17.7 Å². The molecular weight excluding hydrogens is 410 g/mol. The fraction of sp³-hybridized carbons (Fsp3) is 0.381. The van der Waals surface area contributed by atoms with Gasteiger partial charge in [0.05, 0.1) is 18.0 Å². The minimum atomic E-state index is -3.41. The predicted molar refractivity (Wildman–Crippen MR) is 117 cm³/mol. The number of likely N-dealkylation sites (N-methyl/N-ethyl adjacent to an activating group) is 1. The zero-order valence-corrected chi connectivity index (χ0v) is 18.4. The molecule has 29 heavy (non-hydrogen) atoms. The number of amides is 1. The van der Waals surface area contributed by atoms with Crippen molar-refractivity contribution < 1.29 is 13.2 Å². The molecule has 1 aliphatic rings. The summed E-state index contributed by atoms with van der Waals surface area (Å²) in [5.41, 5.74) is 3.32. The molecule has 0 radical (unpaired) electrons. The van der Waals surface area contributed by atoms with Crippen LogP contribution in [0.15, 0.2) is 42.5 Å². The van der Waals surface area contributed by atoms with E-state index in [2.05, 4.69) is 5.32 Å². The monoisotopic (exact) mass is 435 g/mol. The lowest BCUT2D eigenvalue weighted by molar-refractivity contribution is 0.0936. The van der Waals surface area contributed by atoms with Crippen LogP contribution in [-0.2, 0) is 16.4 Å². The second-order valence-electron chi connectivity index (χ2n) is 7.59. The highest BCUT2D eigenvalue weighted by atomic mass is 35.5. The Bertz CT molecular complexity index is 991. The van der Waals surface area contributed by atoms with Crippen LogP contribution in [0.2, 0.25) is 5.02 Å². The van der Waals surface area contributed by atoms with E-state index < -0.39 is 10.0 Å². The number of benzene rings is 2. The molecule has 2 aromatic rings. The van der Waals surface area contributed by atoms with Crippen LogP contribution in [0.1, 0.15) is 33.9 Å². The number of carbonyl (C=O) groups is 1. The Morgan fingerprint density at radius 2 is 1.83 bits per heavy atom. The van der Waals surface area contributed by atoms with E-state index >= 15 is 0 Å². The average Bonchev–Trinajstić information content (AvgIpc) is 3.02. The van der Waals surface area contributed by atoms with Crippen molar-refractivity contribution in [1.29, 1.82) is 0 Å². The van der Waals surface area contributed by atoms with Crippen molar-refractivity contribution in [2.75, 3.05) is 37.7 Å². The zero-order chi connectivity index (χ0) is 21.2. The highest BCUT2D eigenvalue weighted by molar-refractivity contribution is 7.92. The summed E-state index contributed by atoms with van der Waals surface area (Å²) in [5.74, 6) is -0.177. The van der Waals surface area contributed by atoms with Crippen LogP contribution in [0.5, 0.6) is 0 Å². The van der Waals surface area contributed by atoms with Gasteiger partial charge in [-0.25, -0.2) is 8.42 Å². The molecule has 2 aromatic carbocycles. The van der Waals surface area contributed by atoms with Crippen molar-refractivity contribution in [3.8, 4) is 0 Å². The van der Waals surface area contributed by atoms with Crippen LogP contribution in [0.4, 0.5) is 5.69 Å². The summed E-state index contributed by atoms with van der Waals surface area (Å²) in [7, 11) is 0.377. The molecule has 0 heterocycles. The van der Waals surface area contributed by atoms with Crippen LogP contribution in [-0.4, -0.2) is 52.7 Å². The Morgan fingerprint density at radius 1 is 1.14 bits per heavy atom. The van der Waals surface area contributed by atoms with Crippen LogP contribution in [0, 0.1) is 0 Å². The van der Waals surface area contributed by atoms with E-state index in [0.717, 1.165) is 18.4 Å². The molecule has 6 nitrogen and oxygen atoms in total. The van der Waals surface area contributed by atoms with Gasteiger partial charge < -0.3 is 10.2 Å². The number of nitrogens with zero attached hydrogens (tertiary/aromatic N) is 2. The second-order valence-corrected chi connectivity index (χ2v) is 9.94. The lowest BCUT2D eigenvalue weighted by atomic mass is 10.1. The highest BCUT2D eigenvalue weighted by Crippen LogP contribution is 2.33. The van der Waals surface area contributed by atoms with E-state index in [1.165, 1.54) is 16.1 Å². The number of anilines is 1. The molecule has 8 heteroatoms. The largest absolute Gasteiger partial charge is 0.345 e. The molecule has 0 spiro atoms. The topological polar surface area (TPSA) is 69.7 Å². The van der Waals surface area contributed by atoms with E-state index in [1.54, 1.807) is 24.3 Å². The first-order valence-corrected chi connectivity index (χ1v) is 11.7. The van der Waals surface area contributed by atoms with E-state index in [9.17, 15) is 13.2 Å². The summed E-state index contributed by atoms with van der Waals surface area (Å²) in [6, 6.07) is 12.4. The Balaban J connectivity index is 1.72. The third-order valence-corrected chi connectivity index (χ3v) is 6.49. The lowest BCUT2D eigenvalue weighted by Crippen LogP contribution is -2.36. The number of fused-ring (bicyclic) bond motifs is 1. The SMILES string of the molecule is CN(C)CCN(c1ccc(C(=O)N[C@@H]2CCc3cc(Cl)ccc32)cc1)S(C)(=O)=O.